The van der Waals surface area contributed by atoms with Gasteiger partial charge in [-0.05, 0) is 12.8 Å². The Balaban J connectivity index is 1.90. The molecule has 13 heavy (non-hydrogen) atoms. The average molecular weight is 198 g/mol. The zero-order valence-electron chi connectivity index (χ0n) is 8.33. The maximum absolute atomic E-state index is 4.52. The van der Waals surface area contributed by atoms with Gasteiger partial charge < -0.3 is 4.90 Å². The largest absolute Gasteiger partial charge is 0.352 e. The van der Waals surface area contributed by atoms with Gasteiger partial charge in [0.25, 0.3) is 0 Å². The fraction of sp³-hybridized carbons (Fsp3) is 0.900. The summed E-state index contributed by atoms with van der Waals surface area (Å²) in [5, 5.41) is 1.28. The number of hydrogen-bond donors (Lipinski definition) is 0. The Labute approximate surface area is 84.8 Å². The lowest BCUT2D eigenvalue weighted by molar-refractivity contribution is 0.282. The first-order valence-electron chi connectivity index (χ1n) is 5.28. The van der Waals surface area contributed by atoms with Gasteiger partial charge >= 0.3 is 0 Å². The van der Waals surface area contributed by atoms with Gasteiger partial charge in [0.2, 0.25) is 0 Å². The van der Waals surface area contributed by atoms with Crippen LogP contribution < -0.4 is 0 Å². The van der Waals surface area contributed by atoms with Crippen molar-refractivity contribution >= 4 is 16.9 Å². The minimum atomic E-state index is 0.776. The highest BCUT2D eigenvalue weighted by Crippen LogP contribution is 2.25. The second-order valence-corrected chi connectivity index (χ2v) is 4.98. The van der Waals surface area contributed by atoms with Crippen molar-refractivity contribution < 1.29 is 0 Å². The zero-order chi connectivity index (χ0) is 9.10. The summed E-state index contributed by atoms with van der Waals surface area (Å²) >= 11 is 1.92. The summed E-state index contributed by atoms with van der Waals surface area (Å²) in [5.74, 6) is 1.19. The maximum Gasteiger partial charge on any atom is 0.159 e. The molecule has 0 aromatic carbocycles. The van der Waals surface area contributed by atoms with Crippen LogP contribution in [0.2, 0.25) is 0 Å². The highest BCUT2D eigenvalue weighted by molar-refractivity contribution is 8.14. The second-order valence-electron chi connectivity index (χ2n) is 3.92. The molecular formula is C10H18N2S. The number of aliphatic imine (C=N–C) groups is 1. The summed E-state index contributed by atoms with van der Waals surface area (Å²) in [4.78, 5) is 6.93. The number of amidine groups is 1. The minimum Gasteiger partial charge on any atom is -0.352 e. The number of thioether (sulfide) groups is 1. The van der Waals surface area contributed by atoms with Gasteiger partial charge in [-0.25, -0.2) is 0 Å². The lowest BCUT2D eigenvalue weighted by Gasteiger charge is -2.32. The van der Waals surface area contributed by atoms with E-state index in [1.54, 1.807) is 0 Å². The number of rotatable bonds is 1. The predicted molar refractivity (Wildman–Crippen MR) is 59.4 cm³/mol. The summed E-state index contributed by atoms with van der Waals surface area (Å²) in [7, 11) is 2.22. The number of nitrogens with zero attached hydrogens (tertiary/aromatic N) is 2. The maximum atomic E-state index is 4.52. The molecule has 0 spiro atoms. The highest BCUT2D eigenvalue weighted by atomic mass is 32.2. The Morgan fingerprint density at radius 3 is 2.69 bits per heavy atom. The van der Waals surface area contributed by atoms with E-state index in [0.717, 1.165) is 12.6 Å². The molecule has 1 aliphatic carbocycles. The van der Waals surface area contributed by atoms with Gasteiger partial charge in [-0.3, -0.25) is 4.99 Å². The fourth-order valence-corrected chi connectivity index (χ4v) is 3.06. The minimum absolute atomic E-state index is 0.776. The van der Waals surface area contributed by atoms with Crippen molar-refractivity contribution in [1.82, 2.24) is 4.90 Å². The molecule has 2 aliphatic rings. The number of hydrogen-bond acceptors (Lipinski definition) is 3. The van der Waals surface area contributed by atoms with Gasteiger partial charge in [0, 0.05) is 18.8 Å². The zero-order valence-corrected chi connectivity index (χ0v) is 9.15. The molecule has 1 heterocycles. The smallest absolute Gasteiger partial charge is 0.159 e. The van der Waals surface area contributed by atoms with Crippen LogP contribution in [0.25, 0.3) is 0 Å². The molecular weight excluding hydrogens is 180 g/mol. The Hall–Kier alpha value is -0.180. The van der Waals surface area contributed by atoms with Crippen LogP contribution in [0.5, 0.6) is 0 Å². The Morgan fingerprint density at radius 2 is 2.08 bits per heavy atom. The molecule has 3 heteroatoms. The summed E-state index contributed by atoms with van der Waals surface area (Å²) in [6.45, 7) is 1.02. The highest BCUT2D eigenvalue weighted by Gasteiger charge is 2.22. The van der Waals surface area contributed by atoms with Crippen molar-refractivity contribution in [2.24, 2.45) is 4.99 Å². The van der Waals surface area contributed by atoms with E-state index < -0.39 is 0 Å². The molecule has 0 saturated heterocycles. The van der Waals surface area contributed by atoms with E-state index in [2.05, 4.69) is 16.9 Å². The van der Waals surface area contributed by atoms with Crippen molar-refractivity contribution in [2.75, 3.05) is 19.3 Å². The molecule has 2 nitrogen and oxygen atoms in total. The van der Waals surface area contributed by atoms with Crippen LogP contribution >= 0.6 is 11.8 Å². The third-order valence-corrected chi connectivity index (χ3v) is 4.06. The Bertz CT molecular complexity index is 197. The Kier molecular flexibility index (Phi) is 3.14. The van der Waals surface area contributed by atoms with E-state index in [4.69, 9.17) is 0 Å². The van der Waals surface area contributed by atoms with E-state index in [9.17, 15) is 0 Å². The van der Waals surface area contributed by atoms with Gasteiger partial charge in [0.15, 0.2) is 5.17 Å². The molecule has 0 bridgehead atoms. The standard InChI is InChI=1S/C10H18N2S/c1-12(10-11-7-8-13-10)9-5-3-2-4-6-9/h9H,2-8H2,1H3. The van der Waals surface area contributed by atoms with Crippen molar-refractivity contribution in [1.29, 1.82) is 0 Å². The normalized spacial score (nSPS) is 24.5. The lowest BCUT2D eigenvalue weighted by atomic mass is 9.95. The van der Waals surface area contributed by atoms with E-state index >= 15 is 0 Å². The quantitative estimate of drug-likeness (QED) is 0.643. The van der Waals surface area contributed by atoms with Gasteiger partial charge in [-0.1, -0.05) is 31.0 Å². The van der Waals surface area contributed by atoms with Crippen molar-refractivity contribution in [3.8, 4) is 0 Å². The van der Waals surface area contributed by atoms with Crippen LogP contribution in [-0.2, 0) is 0 Å². The molecule has 74 valence electrons. The SMILES string of the molecule is CN(C1=NCCS1)C1CCCCC1. The summed E-state index contributed by atoms with van der Waals surface area (Å²) in [5.41, 5.74) is 0. The first kappa shape index (κ1) is 9.38. The first-order chi connectivity index (χ1) is 6.38. The van der Waals surface area contributed by atoms with E-state index in [1.807, 2.05) is 11.8 Å². The molecule has 1 saturated carbocycles. The van der Waals surface area contributed by atoms with Crippen LogP contribution in [0.1, 0.15) is 32.1 Å². The van der Waals surface area contributed by atoms with Crippen molar-refractivity contribution in [2.45, 2.75) is 38.1 Å². The van der Waals surface area contributed by atoms with Gasteiger partial charge in [-0.2, -0.15) is 0 Å². The predicted octanol–water partition coefficient (Wildman–Crippen LogP) is 2.35. The monoisotopic (exact) mass is 198 g/mol. The summed E-state index contributed by atoms with van der Waals surface area (Å²) in [6, 6.07) is 0.776. The summed E-state index contributed by atoms with van der Waals surface area (Å²) in [6.07, 6.45) is 7.00. The fourth-order valence-electron chi connectivity index (χ4n) is 2.16. The molecule has 0 N–H and O–H groups in total. The molecule has 0 radical (unpaired) electrons. The third-order valence-electron chi connectivity index (χ3n) is 2.99. The molecule has 0 atom stereocenters. The first-order valence-corrected chi connectivity index (χ1v) is 6.26. The van der Waals surface area contributed by atoms with Crippen LogP contribution in [0.3, 0.4) is 0 Å². The topological polar surface area (TPSA) is 15.6 Å². The lowest BCUT2D eigenvalue weighted by Crippen LogP contribution is -2.36. The van der Waals surface area contributed by atoms with Crippen molar-refractivity contribution in [3.63, 3.8) is 0 Å². The van der Waals surface area contributed by atoms with Crippen molar-refractivity contribution in [3.05, 3.63) is 0 Å². The molecule has 0 amide bonds. The second kappa shape index (κ2) is 4.36. The van der Waals surface area contributed by atoms with Crippen LogP contribution in [0, 0.1) is 0 Å². The van der Waals surface area contributed by atoms with Crippen LogP contribution in [-0.4, -0.2) is 35.5 Å². The van der Waals surface area contributed by atoms with Crippen LogP contribution in [0.15, 0.2) is 4.99 Å². The summed E-state index contributed by atoms with van der Waals surface area (Å²) < 4.78 is 0. The van der Waals surface area contributed by atoms with E-state index in [-0.39, 0.29) is 0 Å². The van der Waals surface area contributed by atoms with Gasteiger partial charge in [-0.15, -0.1) is 0 Å². The molecule has 0 unspecified atom stereocenters. The van der Waals surface area contributed by atoms with Gasteiger partial charge in [0.05, 0.1) is 6.54 Å². The molecule has 0 aromatic rings. The van der Waals surface area contributed by atoms with Gasteiger partial charge in [0.1, 0.15) is 0 Å². The third kappa shape index (κ3) is 2.19. The molecule has 1 aliphatic heterocycles. The molecule has 2 rings (SSSR count). The molecule has 1 fully saturated rings. The van der Waals surface area contributed by atoms with E-state index in [1.165, 1.54) is 43.0 Å². The van der Waals surface area contributed by atoms with E-state index in [0.29, 0.717) is 0 Å². The molecule has 0 aromatic heterocycles. The Morgan fingerprint density at radius 1 is 1.31 bits per heavy atom. The van der Waals surface area contributed by atoms with Crippen LogP contribution in [0.4, 0.5) is 0 Å². The average Bonchev–Trinajstić information content (AvgIpc) is 2.71.